The van der Waals surface area contributed by atoms with Crippen LogP contribution in [0.15, 0.2) is 72.8 Å². The molecule has 0 atom stereocenters. The topological polar surface area (TPSA) is 84.5 Å². The Morgan fingerprint density at radius 3 is 2.26 bits per heavy atom. The van der Waals surface area contributed by atoms with Crippen molar-refractivity contribution < 1.29 is 20.8 Å². The van der Waals surface area contributed by atoms with E-state index in [1.165, 1.54) is 0 Å². The number of hydrogen-bond donors (Lipinski definition) is 2. The van der Waals surface area contributed by atoms with Crippen molar-refractivity contribution in [2.75, 3.05) is 18.7 Å². The van der Waals surface area contributed by atoms with Crippen LogP contribution in [-0.2, 0) is 26.8 Å². The number of sulfonamides is 1. The first kappa shape index (κ1) is 24.0. The maximum Gasteiger partial charge on any atom is 0.235 e. The third-order valence-corrected chi connectivity index (χ3v) is 7.15. The Labute approximate surface area is 204 Å². The van der Waals surface area contributed by atoms with Crippen LogP contribution in [0.3, 0.4) is 0 Å². The smallest absolute Gasteiger partial charge is 0.235 e. The molecule has 0 aromatic heterocycles. The molecule has 2 N–H and O–H groups in total. The molecule has 0 spiro atoms. The highest BCUT2D eigenvalue weighted by molar-refractivity contribution is 7.88. The summed E-state index contributed by atoms with van der Waals surface area (Å²) in [7, 11) is -1.60. The van der Waals surface area contributed by atoms with Crippen LogP contribution in [0.25, 0.3) is 11.1 Å². The van der Waals surface area contributed by atoms with Crippen molar-refractivity contribution in [2.45, 2.75) is 37.6 Å². The molecule has 1 amide bonds. The van der Waals surface area contributed by atoms with E-state index in [0.717, 1.165) is 65.6 Å². The van der Waals surface area contributed by atoms with E-state index in [9.17, 15) is 13.2 Å². The third kappa shape index (κ3) is 5.48. The second-order valence-electron chi connectivity index (χ2n) is 8.84. The summed E-state index contributed by atoms with van der Waals surface area (Å²) in [5.74, 6) is 0.803. The van der Waals surface area contributed by atoms with Crippen LogP contribution < -0.4 is 14.8 Å². The molecule has 0 heterocycles. The molecule has 4 rings (SSSR count). The lowest BCUT2D eigenvalue weighted by Crippen LogP contribution is -2.37. The average molecular weight is 483 g/mol. The van der Waals surface area contributed by atoms with E-state index < -0.39 is 15.4 Å². The van der Waals surface area contributed by atoms with E-state index in [4.69, 9.17) is 4.74 Å². The van der Waals surface area contributed by atoms with Gasteiger partial charge in [0.1, 0.15) is 5.75 Å². The fraction of sp³-hybridized carbons (Fsp3) is 0.296. The summed E-state index contributed by atoms with van der Waals surface area (Å²) < 4.78 is 30.4. The third-order valence-electron chi connectivity index (χ3n) is 6.48. The summed E-state index contributed by atoms with van der Waals surface area (Å²) >= 11 is 0. The molecule has 1 saturated carbocycles. The lowest BCUT2D eigenvalue weighted by molar-refractivity contribution is -0.121. The van der Waals surface area contributed by atoms with Crippen molar-refractivity contribution in [3.05, 3.63) is 83.9 Å². The van der Waals surface area contributed by atoms with Crippen LogP contribution in [0.5, 0.6) is 5.75 Å². The monoisotopic (exact) mass is 482 g/mol. The summed E-state index contributed by atoms with van der Waals surface area (Å²) in [6.45, 7) is 0.253. The van der Waals surface area contributed by atoms with E-state index >= 15 is 0 Å². The highest BCUT2D eigenvalue weighted by atomic mass is 32.2. The van der Waals surface area contributed by atoms with Crippen LogP contribution in [-0.4, -0.2) is 27.7 Å². The van der Waals surface area contributed by atoms with Crippen LogP contribution in [0, 0.1) is 0 Å². The minimum atomic E-state index is -3.23. The number of anilines is 1. The zero-order valence-electron chi connectivity index (χ0n) is 19.5. The number of hydrogen-bond acceptors (Lipinski definition) is 4. The summed E-state index contributed by atoms with van der Waals surface area (Å²) in [4.78, 5) is 13.5. The number of carbonyl (C=O) groups is 1. The molecule has 1 aliphatic rings. The molecule has 1 fully saturated rings. The molecular weight excluding hydrogens is 448 g/mol. The van der Waals surface area contributed by atoms with Gasteiger partial charge in [0, 0.05) is 15.1 Å². The Morgan fingerprint density at radius 2 is 1.65 bits per heavy atom. The van der Waals surface area contributed by atoms with Crippen molar-refractivity contribution in [1.29, 1.82) is 0 Å². The number of amides is 1. The van der Waals surface area contributed by atoms with Gasteiger partial charge in [0.25, 0.3) is 0 Å². The second kappa shape index (κ2) is 9.99. The van der Waals surface area contributed by atoms with Gasteiger partial charge in [-0.25, -0.2) is 13.1 Å². The second-order valence-corrected chi connectivity index (χ2v) is 10.7. The molecule has 0 radical (unpaired) electrons. The van der Waals surface area contributed by atoms with Gasteiger partial charge in [0.05, 0.1) is 18.8 Å². The quantitative estimate of drug-likeness (QED) is 0.453. The largest absolute Gasteiger partial charge is 0.497 e. The summed E-state index contributed by atoms with van der Waals surface area (Å²) in [5, 5.41) is 3.16. The highest BCUT2D eigenvalue weighted by Gasteiger charge is 2.42. The molecule has 1 aliphatic carbocycles. The Bertz CT molecular complexity index is 1260. The molecular formula is C27H34N2O4S. The number of benzene rings is 3. The summed E-state index contributed by atoms with van der Waals surface area (Å²) in [5.41, 5.74) is 4.09. The zero-order chi connectivity index (χ0) is 24.2. The van der Waals surface area contributed by atoms with Gasteiger partial charge in [-0.1, -0.05) is 61.4 Å². The predicted octanol–water partition coefficient (Wildman–Crippen LogP) is 5.35. The maximum atomic E-state index is 13.5. The Hall–Kier alpha value is -3.16. The number of nitrogens with one attached hydrogen (secondary N) is 2. The zero-order valence-corrected chi connectivity index (χ0v) is 20.3. The first-order valence-electron chi connectivity index (χ1n) is 11.4. The normalized spacial score (nSPS) is 15.1. The minimum absolute atomic E-state index is 0. The van der Waals surface area contributed by atoms with Crippen molar-refractivity contribution >= 4 is 21.6 Å². The molecule has 6 nitrogen and oxygen atoms in total. The van der Waals surface area contributed by atoms with Gasteiger partial charge in [-0.15, -0.1) is 0 Å². The standard InChI is InChI=1S/C27H30N2O4S.2H2/c1-33-25-14-12-23(13-15-25)27(16-3-4-17-27)26(30)29-24-7-5-6-22(18-24)21-10-8-20(9-11-21)19-28-34(2,31)32;;/h5-15,18,28H,3-4,16-17,19H2,1-2H3,(H,29,30);2*1H. The van der Waals surface area contributed by atoms with E-state index in [1.54, 1.807) is 7.11 Å². The number of carbonyl (C=O) groups excluding carboxylic acids is 1. The number of methoxy groups -OCH3 is 1. The molecule has 0 bridgehead atoms. The molecule has 3 aromatic carbocycles. The molecule has 182 valence electrons. The molecule has 0 aliphatic heterocycles. The minimum Gasteiger partial charge on any atom is -0.497 e. The first-order valence-corrected chi connectivity index (χ1v) is 13.3. The highest BCUT2D eigenvalue weighted by Crippen LogP contribution is 2.42. The molecule has 34 heavy (non-hydrogen) atoms. The van der Waals surface area contributed by atoms with E-state index in [1.807, 2.05) is 72.8 Å². The van der Waals surface area contributed by atoms with Crippen molar-refractivity contribution in [1.82, 2.24) is 4.72 Å². The fourth-order valence-corrected chi connectivity index (χ4v) is 5.02. The van der Waals surface area contributed by atoms with Gasteiger partial charge in [-0.3, -0.25) is 4.79 Å². The summed E-state index contributed by atoms with van der Waals surface area (Å²) in [6.07, 6.45) is 4.85. The van der Waals surface area contributed by atoms with Gasteiger partial charge in [0.15, 0.2) is 0 Å². The van der Waals surface area contributed by atoms with Crippen molar-refractivity contribution in [3.8, 4) is 16.9 Å². The van der Waals surface area contributed by atoms with Crippen LogP contribution >= 0.6 is 0 Å². The van der Waals surface area contributed by atoms with Crippen LogP contribution in [0.2, 0.25) is 0 Å². The van der Waals surface area contributed by atoms with E-state index in [-0.39, 0.29) is 15.3 Å². The Kier molecular flexibility index (Phi) is 7.05. The molecule has 7 heteroatoms. The lowest BCUT2D eigenvalue weighted by atomic mass is 9.78. The van der Waals surface area contributed by atoms with Crippen molar-refractivity contribution in [2.24, 2.45) is 0 Å². The lowest BCUT2D eigenvalue weighted by Gasteiger charge is -2.28. The maximum absolute atomic E-state index is 13.5. The van der Waals surface area contributed by atoms with Gasteiger partial charge in [0.2, 0.25) is 15.9 Å². The average Bonchev–Trinajstić information content (AvgIpc) is 3.34. The number of rotatable bonds is 8. The Balaban J connectivity index is 0.00000228. The summed E-state index contributed by atoms with van der Waals surface area (Å²) in [6, 6.07) is 23.3. The van der Waals surface area contributed by atoms with Gasteiger partial charge >= 0.3 is 0 Å². The first-order chi connectivity index (χ1) is 16.3. The van der Waals surface area contributed by atoms with Gasteiger partial charge in [-0.2, -0.15) is 0 Å². The number of ether oxygens (including phenoxy) is 1. The molecule has 0 unspecified atom stereocenters. The Morgan fingerprint density at radius 1 is 0.971 bits per heavy atom. The SMILES string of the molecule is COc1ccc(C2(C(=O)Nc3cccc(-c4ccc(CNS(C)(=O)=O)cc4)c3)CCCC2)cc1.[HH].[HH]. The van der Waals surface area contributed by atoms with Crippen molar-refractivity contribution in [3.63, 3.8) is 0 Å². The van der Waals surface area contributed by atoms with Crippen LogP contribution in [0.4, 0.5) is 5.69 Å². The molecule has 3 aromatic rings. The van der Waals surface area contributed by atoms with E-state index in [0.29, 0.717) is 0 Å². The van der Waals surface area contributed by atoms with Crippen LogP contribution in [0.1, 0.15) is 39.7 Å². The predicted molar refractivity (Wildman–Crippen MR) is 140 cm³/mol. The molecule has 0 saturated heterocycles. The van der Waals surface area contributed by atoms with E-state index in [2.05, 4.69) is 10.0 Å². The van der Waals surface area contributed by atoms with Gasteiger partial charge < -0.3 is 10.1 Å². The fourth-order valence-electron chi connectivity index (χ4n) is 4.59. The van der Waals surface area contributed by atoms with Gasteiger partial charge in [-0.05, 0) is 59.4 Å².